The molecule has 0 bridgehead atoms. The fraction of sp³-hybridized carbons (Fsp3) is 0.536. The van der Waals surface area contributed by atoms with Crippen molar-refractivity contribution in [3.05, 3.63) is 36.4 Å². The molecule has 5 rings (SSSR count). The average Bonchev–Trinajstić information content (AvgIpc) is 3.34. The number of methoxy groups -OCH3 is 1. The number of fused-ring (bicyclic) bond motifs is 2. The molecule has 2 aromatic carbocycles. The van der Waals surface area contributed by atoms with Gasteiger partial charge in [-0.15, -0.1) is 0 Å². The third-order valence-electron chi connectivity index (χ3n) is 7.09. The number of pyridine rings is 1. The number of rotatable bonds is 8. The Morgan fingerprint density at radius 3 is 2.53 bits per heavy atom. The van der Waals surface area contributed by atoms with Crippen LogP contribution >= 0.6 is 0 Å². The summed E-state index contributed by atoms with van der Waals surface area (Å²) < 4.78 is 17.9. The maximum Gasteiger partial charge on any atom is 0.163 e. The van der Waals surface area contributed by atoms with Crippen LogP contribution in [0.15, 0.2) is 36.4 Å². The van der Waals surface area contributed by atoms with Crippen molar-refractivity contribution >= 4 is 27.5 Å². The van der Waals surface area contributed by atoms with Crippen LogP contribution in [-0.2, 0) is 4.74 Å². The molecule has 0 spiro atoms. The standard InChI is InChI=1S/C28H37N3O3/c1-19-15-21(16-20(2)34-19)29-28-22-9-4-5-10-24(22)30-25-18-27(26(32-3)17-23(25)28)33-14-8-13-31-11-6-7-12-31/h4-5,9-10,17-21H,6-8,11-16H2,1-3H3,(H,29,30). The molecule has 0 radical (unpaired) electrons. The molecular weight excluding hydrogens is 426 g/mol. The van der Waals surface area contributed by atoms with Crippen molar-refractivity contribution in [3.63, 3.8) is 0 Å². The zero-order chi connectivity index (χ0) is 23.5. The van der Waals surface area contributed by atoms with Gasteiger partial charge in [0.2, 0.25) is 0 Å². The van der Waals surface area contributed by atoms with Gasteiger partial charge < -0.3 is 24.4 Å². The third-order valence-corrected chi connectivity index (χ3v) is 7.09. The Hall–Kier alpha value is -2.57. The van der Waals surface area contributed by atoms with E-state index in [4.69, 9.17) is 19.2 Å². The SMILES string of the molecule is COc1cc2c(NC3CC(C)OC(C)C3)c3ccccc3nc2cc1OCCCN1CCCC1. The minimum absolute atomic E-state index is 0.246. The maximum atomic E-state index is 6.20. The molecule has 2 fully saturated rings. The number of ether oxygens (including phenoxy) is 3. The number of hydrogen-bond acceptors (Lipinski definition) is 6. The Balaban J connectivity index is 1.44. The topological polar surface area (TPSA) is 55.9 Å². The van der Waals surface area contributed by atoms with Crippen molar-refractivity contribution in [2.24, 2.45) is 0 Å². The first kappa shape index (κ1) is 23.2. The maximum absolute atomic E-state index is 6.20. The first-order chi connectivity index (χ1) is 16.6. The van der Waals surface area contributed by atoms with Gasteiger partial charge in [-0.25, -0.2) is 4.98 Å². The second-order valence-corrected chi connectivity index (χ2v) is 9.84. The van der Waals surface area contributed by atoms with Crippen LogP contribution in [0.1, 0.15) is 46.0 Å². The number of hydrogen-bond donors (Lipinski definition) is 1. The Bertz CT molecular complexity index is 1120. The van der Waals surface area contributed by atoms with Crippen molar-refractivity contribution in [1.82, 2.24) is 9.88 Å². The molecule has 182 valence electrons. The van der Waals surface area contributed by atoms with Crippen molar-refractivity contribution in [2.75, 3.05) is 38.7 Å². The van der Waals surface area contributed by atoms with Gasteiger partial charge in [0.1, 0.15) is 0 Å². The molecule has 2 saturated heterocycles. The van der Waals surface area contributed by atoms with E-state index in [1.165, 1.54) is 25.9 Å². The summed E-state index contributed by atoms with van der Waals surface area (Å²) in [6.45, 7) is 8.52. The smallest absolute Gasteiger partial charge is 0.163 e. The van der Waals surface area contributed by atoms with E-state index in [2.05, 4.69) is 48.3 Å². The Morgan fingerprint density at radius 2 is 1.76 bits per heavy atom. The van der Waals surface area contributed by atoms with E-state index in [0.717, 1.165) is 64.8 Å². The molecule has 6 heteroatoms. The van der Waals surface area contributed by atoms with Crippen LogP contribution < -0.4 is 14.8 Å². The fourth-order valence-electron chi connectivity index (χ4n) is 5.53. The molecule has 1 aromatic heterocycles. The molecule has 1 N–H and O–H groups in total. The molecule has 34 heavy (non-hydrogen) atoms. The number of likely N-dealkylation sites (tertiary alicyclic amines) is 1. The van der Waals surface area contributed by atoms with E-state index < -0.39 is 0 Å². The number of nitrogens with zero attached hydrogens (tertiary/aromatic N) is 2. The predicted octanol–water partition coefficient (Wildman–Crippen LogP) is 5.63. The number of nitrogens with one attached hydrogen (secondary N) is 1. The lowest BCUT2D eigenvalue weighted by Gasteiger charge is -2.33. The van der Waals surface area contributed by atoms with E-state index in [-0.39, 0.29) is 12.2 Å². The third kappa shape index (κ3) is 5.08. The Morgan fingerprint density at radius 1 is 1.00 bits per heavy atom. The van der Waals surface area contributed by atoms with Crippen LogP contribution in [0.5, 0.6) is 11.5 Å². The minimum atomic E-state index is 0.246. The normalized spacial score (nSPS) is 23.4. The molecule has 3 heterocycles. The average molecular weight is 464 g/mol. The van der Waals surface area contributed by atoms with Gasteiger partial charge in [0.15, 0.2) is 11.5 Å². The molecule has 6 nitrogen and oxygen atoms in total. The summed E-state index contributed by atoms with van der Waals surface area (Å²) in [5.41, 5.74) is 3.02. The number of para-hydroxylation sites is 1. The van der Waals surface area contributed by atoms with Gasteiger partial charge in [0.25, 0.3) is 0 Å². The van der Waals surface area contributed by atoms with Crippen molar-refractivity contribution in [1.29, 1.82) is 0 Å². The van der Waals surface area contributed by atoms with Gasteiger partial charge in [0, 0.05) is 29.4 Å². The number of benzene rings is 2. The van der Waals surface area contributed by atoms with E-state index in [9.17, 15) is 0 Å². The molecule has 2 aliphatic heterocycles. The number of aromatic nitrogens is 1. The summed E-state index contributed by atoms with van der Waals surface area (Å²) in [7, 11) is 1.71. The molecule has 2 aliphatic rings. The minimum Gasteiger partial charge on any atom is -0.493 e. The van der Waals surface area contributed by atoms with Crippen LogP contribution in [0.3, 0.4) is 0 Å². The molecule has 0 aliphatic carbocycles. The van der Waals surface area contributed by atoms with Gasteiger partial charge in [-0.1, -0.05) is 18.2 Å². The van der Waals surface area contributed by atoms with Crippen LogP contribution in [0.2, 0.25) is 0 Å². The van der Waals surface area contributed by atoms with E-state index >= 15 is 0 Å². The highest BCUT2D eigenvalue weighted by Gasteiger charge is 2.26. The Kier molecular flexibility index (Phi) is 7.07. The lowest BCUT2D eigenvalue weighted by molar-refractivity contribution is -0.0337. The molecule has 2 atom stereocenters. The second kappa shape index (κ2) is 10.4. The molecule has 0 amide bonds. The van der Waals surface area contributed by atoms with Crippen molar-refractivity contribution in [3.8, 4) is 11.5 Å². The summed E-state index contributed by atoms with van der Waals surface area (Å²) in [6.07, 6.45) is 6.11. The summed E-state index contributed by atoms with van der Waals surface area (Å²) in [4.78, 5) is 7.50. The quantitative estimate of drug-likeness (QED) is 0.345. The highest BCUT2D eigenvalue weighted by Crippen LogP contribution is 2.39. The molecule has 0 saturated carbocycles. The lowest BCUT2D eigenvalue weighted by atomic mass is 9.98. The van der Waals surface area contributed by atoms with Crippen LogP contribution in [-0.4, -0.2) is 61.5 Å². The first-order valence-electron chi connectivity index (χ1n) is 12.8. The van der Waals surface area contributed by atoms with Gasteiger partial charge in [0.05, 0.1) is 42.6 Å². The summed E-state index contributed by atoms with van der Waals surface area (Å²) in [5, 5.41) is 6.05. The van der Waals surface area contributed by atoms with Crippen LogP contribution in [0, 0.1) is 0 Å². The highest BCUT2D eigenvalue weighted by atomic mass is 16.5. The van der Waals surface area contributed by atoms with Gasteiger partial charge >= 0.3 is 0 Å². The summed E-state index contributed by atoms with van der Waals surface area (Å²) in [6, 6.07) is 12.8. The monoisotopic (exact) mass is 463 g/mol. The Labute approximate surface area is 202 Å². The molecule has 2 unspecified atom stereocenters. The van der Waals surface area contributed by atoms with Crippen LogP contribution in [0.25, 0.3) is 21.8 Å². The second-order valence-electron chi connectivity index (χ2n) is 9.84. The van der Waals surface area contributed by atoms with Crippen LogP contribution in [0.4, 0.5) is 5.69 Å². The van der Waals surface area contributed by atoms with Crippen molar-refractivity contribution < 1.29 is 14.2 Å². The molecule has 3 aromatic rings. The largest absolute Gasteiger partial charge is 0.493 e. The highest BCUT2D eigenvalue weighted by molar-refractivity contribution is 6.08. The first-order valence-corrected chi connectivity index (χ1v) is 12.8. The predicted molar refractivity (Wildman–Crippen MR) is 138 cm³/mol. The lowest BCUT2D eigenvalue weighted by Crippen LogP contribution is -2.37. The molecular formula is C28H37N3O3. The zero-order valence-electron chi connectivity index (χ0n) is 20.7. The fourth-order valence-corrected chi connectivity index (χ4v) is 5.53. The van der Waals surface area contributed by atoms with Gasteiger partial charge in [-0.2, -0.15) is 0 Å². The van der Waals surface area contributed by atoms with E-state index in [1.807, 2.05) is 12.1 Å². The van der Waals surface area contributed by atoms with Crippen molar-refractivity contribution in [2.45, 2.75) is 64.2 Å². The van der Waals surface area contributed by atoms with Gasteiger partial charge in [-0.05, 0) is 71.2 Å². The summed E-state index contributed by atoms with van der Waals surface area (Å²) >= 11 is 0. The van der Waals surface area contributed by atoms with E-state index in [1.54, 1.807) is 7.11 Å². The van der Waals surface area contributed by atoms with E-state index in [0.29, 0.717) is 12.6 Å². The summed E-state index contributed by atoms with van der Waals surface area (Å²) in [5.74, 6) is 1.51. The number of anilines is 1. The van der Waals surface area contributed by atoms with Gasteiger partial charge in [-0.3, -0.25) is 0 Å². The zero-order valence-corrected chi connectivity index (χ0v) is 20.7.